The Kier molecular flexibility index (Phi) is 5.42. The predicted octanol–water partition coefficient (Wildman–Crippen LogP) is 3.76. The number of nitrogens with zero attached hydrogens (tertiary/aromatic N) is 1. The third-order valence-electron chi connectivity index (χ3n) is 3.82. The summed E-state index contributed by atoms with van der Waals surface area (Å²) < 4.78 is 32.0. The Balaban J connectivity index is 1.77. The number of para-hydroxylation sites is 1. The third kappa shape index (κ3) is 4.45. The minimum atomic E-state index is -3.75. The fraction of sp³-hybridized carbons (Fsp3) is 0.0500. The van der Waals surface area contributed by atoms with Gasteiger partial charge in [0.1, 0.15) is 5.76 Å². The lowest BCUT2D eigenvalue weighted by atomic mass is 10.3. The molecule has 3 rings (SSSR count). The molecule has 27 heavy (non-hydrogen) atoms. The summed E-state index contributed by atoms with van der Waals surface area (Å²) in [5.41, 5.74) is 0.931. The van der Waals surface area contributed by atoms with Gasteiger partial charge in [-0.3, -0.25) is 9.10 Å². The highest BCUT2D eigenvalue weighted by Gasteiger charge is 2.21. The van der Waals surface area contributed by atoms with E-state index in [1.165, 1.54) is 41.9 Å². The SMILES string of the molecule is CN(c1ccccc1)S(=O)(=O)c1cccc(NC(=O)/C=C/c2ccco2)c1. The lowest BCUT2D eigenvalue weighted by Crippen LogP contribution is -2.26. The normalized spacial score (nSPS) is 11.4. The van der Waals surface area contributed by atoms with Crippen molar-refractivity contribution < 1.29 is 17.6 Å². The molecule has 0 aliphatic heterocycles. The van der Waals surface area contributed by atoms with Crippen LogP contribution < -0.4 is 9.62 Å². The molecule has 7 heteroatoms. The molecule has 0 spiro atoms. The first-order valence-corrected chi connectivity index (χ1v) is 9.57. The molecule has 1 N–H and O–H groups in total. The van der Waals surface area contributed by atoms with Crippen LogP contribution in [-0.2, 0) is 14.8 Å². The van der Waals surface area contributed by atoms with Gasteiger partial charge in [-0.2, -0.15) is 0 Å². The molecule has 0 bridgehead atoms. The largest absolute Gasteiger partial charge is 0.465 e. The zero-order valence-electron chi connectivity index (χ0n) is 14.6. The van der Waals surface area contributed by atoms with Gasteiger partial charge in [0.05, 0.1) is 16.8 Å². The number of carbonyl (C=O) groups is 1. The molecule has 1 heterocycles. The van der Waals surface area contributed by atoms with E-state index in [1.807, 2.05) is 6.07 Å². The number of carbonyl (C=O) groups excluding carboxylic acids is 1. The number of hydrogen-bond donors (Lipinski definition) is 1. The molecule has 1 aromatic heterocycles. The summed E-state index contributed by atoms with van der Waals surface area (Å²) in [4.78, 5) is 12.1. The highest BCUT2D eigenvalue weighted by molar-refractivity contribution is 7.92. The smallest absolute Gasteiger partial charge is 0.264 e. The Labute approximate surface area is 157 Å². The zero-order valence-corrected chi connectivity index (χ0v) is 15.4. The summed E-state index contributed by atoms with van der Waals surface area (Å²) in [5, 5.41) is 2.65. The van der Waals surface area contributed by atoms with Crippen molar-refractivity contribution in [1.29, 1.82) is 0 Å². The maximum atomic E-state index is 12.8. The van der Waals surface area contributed by atoms with Gasteiger partial charge >= 0.3 is 0 Å². The second kappa shape index (κ2) is 7.92. The van der Waals surface area contributed by atoms with Crippen molar-refractivity contribution >= 4 is 33.4 Å². The summed E-state index contributed by atoms with van der Waals surface area (Å²) in [6.45, 7) is 0. The molecule has 0 aliphatic rings. The van der Waals surface area contributed by atoms with Gasteiger partial charge in [-0.25, -0.2) is 8.42 Å². The van der Waals surface area contributed by atoms with Crippen LogP contribution in [0.1, 0.15) is 5.76 Å². The van der Waals surface area contributed by atoms with Crippen LogP contribution >= 0.6 is 0 Å². The van der Waals surface area contributed by atoms with Gasteiger partial charge in [0.25, 0.3) is 10.0 Å². The van der Waals surface area contributed by atoms with Gasteiger partial charge in [-0.15, -0.1) is 0 Å². The standard InChI is InChI=1S/C20H18N2O4S/c1-22(17-8-3-2-4-9-17)27(24,25)19-11-5-7-16(15-19)21-20(23)13-12-18-10-6-14-26-18/h2-15H,1H3,(H,21,23)/b13-12+. The molecular weight excluding hydrogens is 364 g/mol. The number of hydrogen-bond acceptors (Lipinski definition) is 4. The fourth-order valence-electron chi connectivity index (χ4n) is 2.40. The van der Waals surface area contributed by atoms with Crippen molar-refractivity contribution in [3.63, 3.8) is 0 Å². The van der Waals surface area contributed by atoms with Gasteiger partial charge < -0.3 is 9.73 Å². The molecule has 0 radical (unpaired) electrons. The van der Waals surface area contributed by atoms with E-state index in [0.717, 1.165) is 0 Å². The minimum Gasteiger partial charge on any atom is -0.465 e. The molecule has 138 valence electrons. The van der Waals surface area contributed by atoms with Gasteiger partial charge in [0, 0.05) is 18.8 Å². The molecule has 0 unspecified atom stereocenters. The second-order valence-electron chi connectivity index (χ2n) is 5.67. The van der Waals surface area contributed by atoms with E-state index in [4.69, 9.17) is 4.42 Å². The van der Waals surface area contributed by atoms with Crippen LogP contribution in [0.25, 0.3) is 6.08 Å². The van der Waals surface area contributed by atoms with E-state index in [9.17, 15) is 13.2 Å². The number of sulfonamides is 1. The molecule has 1 amide bonds. The quantitative estimate of drug-likeness (QED) is 0.659. The number of amides is 1. The van der Waals surface area contributed by atoms with Crippen LogP contribution in [0.5, 0.6) is 0 Å². The Bertz CT molecular complexity index is 1040. The number of benzene rings is 2. The van der Waals surface area contributed by atoms with E-state index >= 15 is 0 Å². The minimum absolute atomic E-state index is 0.0849. The lowest BCUT2D eigenvalue weighted by Gasteiger charge is -2.19. The van der Waals surface area contributed by atoms with Crippen LogP contribution in [-0.4, -0.2) is 21.4 Å². The number of rotatable bonds is 6. The molecule has 3 aromatic rings. The van der Waals surface area contributed by atoms with Crippen molar-refractivity contribution in [3.05, 3.63) is 84.8 Å². The Morgan fingerprint density at radius 2 is 1.81 bits per heavy atom. The third-order valence-corrected chi connectivity index (χ3v) is 5.60. The molecule has 0 saturated carbocycles. The van der Waals surface area contributed by atoms with Gasteiger partial charge in [0.2, 0.25) is 5.91 Å². The van der Waals surface area contributed by atoms with Crippen LogP contribution in [0.2, 0.25) is 0 Å². The van der Waals surface area contributed by atoms with E-state index in [0.29, 0.717) is 17.1 Å². The molecule has 0 saturated heterocycles. The maximum Gasteiger partial charge on any atom is 0.264 e. The first kappa shape index (κ1) is 18.5. The number of anilines is 2. The summed E-state index contributed by atoms with van der Waals surface area (Å²) in [5.74, 6) is 0.156. The lowest BCUT2D eigenvalue weighted by molar-refractivity contribution is -0.111. The highest BCUT2D eigenvalue weighted by atomic mass is 32.2. The van der Waals surface area contributed by atoms with Gasteiger partial charge in [-0.1, -0.05) is 24.3 Å². The molecule has 0 atom stereocenters. The van der Waals surface area contributed by atoms with E-state index < -0.39 is 15.9 Å². The van der Waals surface area contributed by atoms with Crippen molar-refractivity contribution in [2.24, 2.45) is 0 Å². The average molecular weight is 382 g/mol. The first-order valence-electron chi connectivity index (χ1n) is 8.13. The molecule has 0 fully saturated rings. The van der Waals surface area contributed by atoms with Crippen LogP contribution in [0.4, 0.5) is 11.4 Å². The van der Waals surface area contributed by atoms with E-state index in [2.05, 4.69) is 5.32 Å². The van der Waals surface area contributed by atoms with Crippen molar-refractivity contribution in [1.82, 2.24) is 0 Å². The van der Waals surface area contributed by atoms with E-state index in [1.54, 1.807) is 48.5 Å². The van der Waals surface area contributed by atoms with Crippen LogP contribution in [0.3, 0.4) is 0 Å². The molecule has 6 nitrogen and oxygen atoms in total. The Morgan fingerprint density at radius 1 is 1.04 bits per heavy atom. The molecule has 2 aromatic carbocycles. The monoisotopic (exact) mass is 382 g/mol. The topological polar surface area (TPSA) is 79.6 Å². The number of nitrogens with one attached hydrogen (secondary N) is 1. The Morgan fingerprint density at radius 3 is 2.52 bits per heavy atom. The van der Waals surface area contributed by atoms with Crippen LogP contribution in [0.15, 0.2) is 88.4 Å². The molecule has 0 aliphatic carbocycles. The van der Waals surface area contributed by atoms with E-state index in [-0.39, 0.29) is 4.90 Å². The molecular formula is C20H18N2O4S. The van der Waals surface area contributed by atoms with Gasteiger partial charge in [-0.05, 0) is 48.5 Å². The predicted molar refractivity (Wildman–Crippen MR) is 105 cm³/mol. The summed E-state index contributed by atoms with van der Waals surface area (Å²) in [6, 6.07) is 18.3. The summed E-state index contributed by atoms with van der Waals surface area (Å²) in [7, 11) is -2.26. The highest BCUT2D eigenvalue weighted by Crippen LogP contribution is 2.23. The Hall–Kier alpha value is -3.32. The number of furan rings is 1. The summed E-state index contributed by atoms with van der Waals surface area (Å²) in [6.07, 6.45) is 4.35. The van der Waals surface area contributed by atoms with Crippen molar-refractivity contribution in [2.75, 3.05) is 16.7 Å². The maximum absolute atomic E-state index is 12.8. The summed E-state index contributed by atoms with van der Waals surface area (Å²) >= 11 is 0. The average Bonchev–Trinajstić information content (AvgIpc) is 3.20. The first-order chi connectivity index (χ1) is 13.0. The fourth-order valence-corrected chi connectivity index (χ4v) is 3.64. The van der Waals surface area contributed by atoms with Crippen molar-refractivity contribution in [3.8, 4) is 0 Å². The zero-order chi connectivity index (χ0) is 19.3. The van der Waals surface area contributed by atoms with Crippen molar-refractivity contribution in [2.45, 2.75) is 4.90 Å². The van der Waals surface area contributed by atoms with Crippen LogP contribution in [0, 0.1) is 0 Å². The van der Waals surface area contributed by atoms with Gasteiger partial charge in [0.15, 0.2) is 0 Å². The second-order valence-corrected chi connectivity index (χ2v) is 7.64.